The van der Waals surface area contributed by atoms with Gasteiger partial charge in [0.1, 0.15) is 0 Å². The van der Waals surface area contributed by atoms with E-state index in [1.165, 1.54) is 14.2 Å². The highest BCUT2D eigenvalue weighted by Crippen LogP contribution is 2.05. The molecule has 0 heterocycles. The summed E-state index contributed by atoms with van der Waals surface area (Å²) in [4.78, 5) is 46.6. The largest absolute Gasteiger partial charge is 0.383 e. The second-order valence-corrected chi connectivity index (χ2v) is 5.68. The van der Waals surface area contributed by atoms with Crippen LogP contribution in [0, 0.1) is 0 Å². The van der Waals surface area contributed by atoms with Crippen LogP contribution in [0.3, 0.4) is 0 Å². The lowest BCUT2D eigenvalue weighted by Gasteiger charge is -2.09. The van der Waals surface area contributed by atoms with Crippen molar-refractivity contribution in [1.82, 2.24) is 21.3 Å². The van der Waals surface area contributed by atoms with E-state index >= 15 is 0 Å². The molecule has 1 aromatic carbocycles. The first-order valence-electron chi connectivity index (χ1n) is 8.65. The first kappa shape index (κ1) is 23.1. The van der Waals surface area contributed by atoms with Gasteiger partial charge in [-0.05, 0) is 11.1 Å². The average Bonchev–Trinajstić information content (AvgIpc) is 2.70. The fourth-order valence-corrected chi connectivity index (χ4v) is 2.07. The van der Waals surface area contributed by atoms with E-state index in [1.54, 1.807) is 24.3 Å². The number of ether oxygens (including phenoxy) is 2. The molecule has 0 atom stereocenters. The molecule has 10 heteroatoms. The summed E-state index contributed by atoms with van der Waals surface area (Å²) in [7, 11) is 2.99. The molecule has 0 aromatic heterocycles. The molecule has 4 N–H and O–H groups in total. The summed E-state index contributed by atoms with van der Waals surface area (Å²) in [6, 6.07) is 7.05. The number of carbonyl (C=O) groups is 4. The first-order chi connectivity index (χ1) is 13.5. The molecule has 0 bridgehead atoms. The minimum Gasteiger partial charge on any atom is -0.383 e. The van der Waals surface area contributed by atoms with E-state index in [0.717, 1.165) is 11.1 Å². The lowest BCUT2D eigenvalue weighted by atomic mass is 10.1. The van der Waals surface area contributed by atoms with E-state index in [0.29, 0.717) is 13.2 Å². The second-order valence-electron chi connectivity index (χ2n) is 5.68. The molecule has 1 aromatic rings. The Morgan fingerprint density at radius 2 is 1.11 bits per heavy atom. The van der Waals surface area contributed by atoms with Crippen LogP contribution in [0.5, 0.6) is 0 Å². The smallest absolute Gasteiger partial charge is 0.309 e. The maximum Gasteiger partial charge on any atom is 0.309 e. The van der Waals surface area contributed by atoms with Crippen LogP contribution < -0.4 is 21.3 Å². The Morgan fingerprint density at radius 3 is 1.50 bits per heavy atom. The van der Waals surface area contributed by atoms with Crippen LogP contribution in [-0.2, 0) is 41.7 Å². The van der Waals surface area contributed by atoms with Gasteiger partial charge < -0.3 is 30.7 Å². The maximum absolute atomic E-state index is 11.7. The molecule has 0 spiro atoms. The number of rotatable bonds is 10. The highest BCUT2D eigenvalue weighted by atomic mass is 16.5. The zero-order valence-electron chi connectivity index (χ0n) is 16.0. The standard InChI is InChI=1S/C18H26N4O6/c1-27-8-6-19-15(23)17(25)21-11-13-4-3-5-14(10-13)12-22-18(26)16(24)20-7-9-28-2/h3-5,10H,6-9,11-12H2,1-2H3,(H,19,23)(H,20,24)(H,21,25)(H,22,26). The van der Waals surface area contributed by atoms with Gasteiger partial charge in [-0.3, -0.25) is 19.2 Å². The van der Waals surface area contributed by atoms with Gasteiger partial charge in [0.05, 0.1) is 13.2 Å². The number of nitrogens with one attached hydrogen (secondary N) is 4. The van der Waals surface area contributed by atoms with Crippen LogP contribution in [0.15, 0.2) is 24.3 Å². The number of benzene rings is 1. The molecule has 1 rings (SSSR count). The molecule has 0 unspecified atom stereocenters. The fourth-order valence-electron chi connectivity index (χ4n) is 2.07. The van der Waals surface area contributed by atoms with Gasteiger partial charge in [-0.2, -0.15) is 0 Å². The zero-order chi connectivity index (χ0) is 20.8. The third-order valence-electron chi connectivity index (χ3n) is 3.49. The molecule has 10 nitrogen and oxygen atoms in total. The number of carbonyl (C=O) groups excluding carboxylic acids is 4. The van der Waals surface area contributed by atoms with Crippen LogP contribution in [0.2, 0.25) is 0 Å². The van der Waals surface area contributed by atoms with Crippen molar-refractivity contribution in [3.05, 3.63) is 35.4 Å². The van der Waals surface area contributed by atoms with Crippen LogP contribution in [0.1, 0.15) is 11.1 Å². The van der Waals surface area contributed by atoms with Crippen LogP contribution in [-0.4, -0.2) is 64.2 Å². The Balaban J connectivity index is 2.43. The van der Waals surface area contributed by atoms with Crippen molar-refractivity contribution in [2.24, 2.45) is 0 Å². The molecule has 0 saturated carbocycles. The molecule has 4 amide bonds. The summed E-state index contributed by atoms with van der Waals surface area (Å²) in [5, 5.41) is 9.87. The van der Waals surface area contributed by atoms with Crippen molar-refractivity contribution in [3.63, 3.8) is 0 Å². The van der Waals surface area contributed by atoms with Crippen molar-refractivity contribution in [2.75, 3.05) is 40.5 Å². The van der Waals surface area contributed by atoms with Gasteiger partial charge in [-0.25, -0.2) is 0 Å². The maximum atomic E-state index is 11.7. The molecule has 28 heavy (non-hydrogen) atoms. The van der Waals surface area contributed by atoms with E-state index in [1.807, 2.05) is 0 Å². The van der Waals surface area contributed by atoms with Crippen molar-refractivity contribution >= 4 is 23.6 Å². The van der Waals surface area contributed by atoms with Gasteiger partial charge in [0, 0.05) is 40.4 Å². The number of hydrogen-bond donors (Lipinski definition) is 4. The van der Waals surface area contributed by atoms with E-state index in [-0.39, 0.29) is 26.2 Å². The van der Waals surface area contributed by atoms with Crippen LogP contribution in [0.4, 0.5) is 0 Å². The number of hydrogen-bond acceptors (Lipinski definition) is 6. The third kappa shape index (κ3) is 9.10. The average molecular weight is 394 g/mol. The van der Waals surface area contributed by atoms with E-state index in [4.69, 9.17) is 9.47 Å². The third-order valence-corrected chi connectivity index (χ3v) is 3.49. The summed E-state index contributed by atoms with van der Waals surface area (Å²) >= 11 is 0. The fraction of sp³-hybridized carbons (Fsp3) is 0.444. The van der Waals surface area contributed by atoms with Gasteiger partial charge in [-0.1, -0.05) is 24.3 Å². The van der Waals surface area contributed by atoms with E-state index in [9.17, 15) is 19.2 Å². The van der Waals surface area contributed by atoms with Crippen molar-refractivity contribution in [2.45, 2.75) is 13.1 Å². The summed E-state index contributed by atoms with van der Waals surface area (Å²) in [5.41, 5.74) is 1.49. The van der Waals surface area contributed by atoms with E-state index in [2.05, 4.69) is 21.3 Å². The van der Waals surface area contributed by atoms with Crippen molar-refractivity contribution < 1.29 is 28.7 Å². The van der Waals surface area contributed by atoms with Crippen LogP contribution in [0.25, 0.3) is 0 Å². The topological polar surface area (TPSA) is 135 Å². The van der Waals surface area contributed by atoms with Crippen molar-refractivity contribution in [3.8, 4) is 0 Å². The SMILES string of the molecule is COCCNC(=O)C(=O)NCc1cccc(CNC(=O)C(=O)NCCOC)c1. The van der Waals surface area contributed by atoms with E-state index < -0.39 is 23.6 Å². The number of methoxy groups -OCH3 is 2. The van der Waals surface area contributed by atoms with Crippen LogP contribution >= 0.6 is 0 Å². The summed E-state index contributed by atoms with van der Waals surface area (Å²) < 4.78 is 9.57. The van der Waals surface area contributed by atoms with Gasteiger partial charge in [-0.15, -0.1) is 0 Å². The highest BCUT2D eigenvalue weighted by Gasteiger charge is 2.13. The quantitative estimate of drug-likeness (QED) is 0.280. The molecule has 154 valence electrons. The lowest BCUT2D eigenvalue weighted by molar-refractivity contribution is -0.139. The monoisotopic (exact) mass is 394 g/mol. The predicted octanol–water partition coefficient (Wildman–Crippen LogP) is -1.56. The summed E-state index contributed by atoms with van der Waals surface area (Å²) in [6.07, 6.45) is 0. The van der Waals surface area contributed by atoms with Gasteiger partial charge in [0.25, 0.3) is 0 Å². The second kappa shape index (κ2) is 13.2. The normalized spacial score (nSPS) is 10.1. The van der Waals surface area contributed by atoms with Crippen molar-refractivity contribution in [1.29, 1.82) is 0 Å². The van der Waals surface area contributed by atoms with Gasteiger partial charge in [0.2, 0.25) is 0 Å². The Morgan fingerprint density at radius 1 is 0.714 bits per heavy atom. The Kier molecular flexibility index (Phi) is 10.9. The summed E-state index contributed by atoms with van der Waals surface area (Å²) in [6.45, 7) is 1.42. The number of amides is 4. The minimum absolute atomic E-state index is 0.149. The molecule has 0 aliphatic heterocycles. The Hall–Kier alpha value is -2.98. The molecule has 0 radical (unpaired) electrons. The molecular weight excluding hydrogens is 368 g/mol. The molecule has 0 aliphatic carbocycles. The Labute approximate surface area is 163 Å². The zero-order valence-corrected chi connectivity index (χ0v) is 16.0. The van der Waals surface area contributed by atoms with Gasteiger partial charge >= 0.3 is 23.6 Å². The summed E-state index contributed by atoms with van der Waals surface area (Å²) in [5.74, 6) is -2.97. The van der Waals surface area contributed by atoms with Gasteiger partial charge in [0.15, 0.2) is 0 Å². The highest BCUT2D eigenvalue weighted by molar-refractivity contribution is 6.35. The molecule has 0 saturated heterocycles. The molecular formula is C18H26N4O6. The minimum atomic E-state index is -0.748. The Bertz CT molecular complexity index is 627. The lowest BCUT2D eigenvalue weighted by Crippen LogP contribution is -2.41. The molecule has 0 fully saturated rings. The first-order valence-corrected chi connectivity index (χ1v) is 8.65. The molecule has 0 aliphatic rings. The predicted molar refractivity (Wildman–Crippen MR) is 99.9 cm³/mol.